The van der Waals surface area contributed by atoms with Crippen molar-refractivity contribution in [3.63, 3.8) is 0 Å². The van der Waals surface area contributed by atoms with Gasteiger partial charge in [0.2, 0.25) is 0 Å². The zero-order valence-electron chi connectivity index (χ0n) is 20.1. The Balaban J connectivity index is 0.00000228. The van der Waals surface area contributed by atoms with Gasteiger partial charge in [0.25, 0.3) is 0 Å². The molecule has 2 aliphatic heterocycles. The Morgan fingerprint density at radius 3 is 2.19 bits per heavy atom. The number of benzene rings is 2. The van der Waals surface area contributed by atoms with Crippen molar-refractivity contribution in [2.75, 3.05) is 57.4 Å². The Morgan fingerprint density at radius 1 is 0.944 bits per heavy atom. The van der Waals surface area contributed by atoms with E-state index in [-0.39, 0.29) is 55.5 Å². The molecule has 7 nitrogen and oxygen atoms in total. The Morgan fingerprint density at radius 2 is 1.56 bits per heavy atom. The van der Waals surface area contributed by atoms with Crippen molar-refractivity contribution in [1.82, 2.24) is 15.5 Å². The average molecular weight is 547 g/mol. The number of amides is 1. The molecule has 1 amide bonds. The number of hydrogen-bond acceptors (Lipinski definition) is 6. The summed E-state index contributed by atoms with van der Waals surface area (Å²) in [5, 5.41) is 6.47. The van der Waals surface area contributed by atoms with Crippen molar-refractivity contribution in [2.45, 2.75) is 25.4 Å². The molecule has 0 atom stereocenters. The van der Waals surface area contributed by atoms with Crippen LogP contribution in [0, 0.1) is 11.6 Å². The monoisotopic (exact) mass is 546 g/mol. The maximum absolute atomic E-state index is 14.6. The molecule has 4 rings (SSSR count). The number of carbonyl (C=O) groups excluding carboxylic acids is 1. The minimum atomic E-state index is -0.658. The van der Waals surface area contributed by atoms with E-state index >= 15 is 0 Å². The van der Waals surface area contributed by atoms with Crippen molar-refractivity contribution in [3.05, 3.63) is 59.7 Å². The topological polar surface area (TPSA) is 66.1 Å². The van der Waals surface area contributed by atoms with Crippen LogP contribution in [0.25, 0.3) is 0 Å². The van der Waals surface area contributed by atoms with Crippen LogP contribution in [0.3, 0.4) is 0 Å². The summed E-state index contributed by atoms with van der Waals surface area (Å²) in [6, 6.07) is 12.3. The van der Waals surface area contributed by atoms with Gasteiger partial charge in [-0.3, -0.25) is 0 Å². The van der Waals surface area contributed by atoms with Crippen molar-refractivity contribution in [1.29, 1.82) is 0 Å². The van der Waals surface area contributed by atoms with Crippen LogP contribution < -0.4 is 20.3 Å². The summed E-state index contributed by atoms with van der Waals surface area (Å²) in [7, 11) is 0. The second-order valence-corrected chi connectivity index (χ2v) is 8.53. The summed E-state index contributed by atoms with van der Waals surface area (Å²) in [5.74, 6) is -1.24. The molecular weight excluding hydrogens is 513 g/mol. The summed E-state index contributed by atoms with van der Waals surface area (Å²) in [6.45, 7) is 4.61. The van der Waals surface area contributed by atoms with Gasteiger partial charge in [0.1, 0.15) is 24.7 Å². The predicted molar refractivity (Wildman–Crippen MR) is 141 cm³/mol. The van der Waals surface area contributed by atoms with Crippen LogP contribution >= 0.6 is 24.8 Å². The molecule has 0 aliphatic carbocycles. The van der Waals surface area contributed by atoms with E-state index in [1.165, 1.54) is 12.1 Å². The van der Waals surface area contributed by atoms with E-state index < -0.39 is 17.7 Å². The van der Waals surface area contributed by atoms with Crippen LogP contribution in [0.1, 0.15) is 18.4 Å². The van der Waals surface area contributed by atoms with E-state index in [2.05, 4.69) is 10.6 Å². The minimum Gasteiger partial charge on any atom is -0.490 e. The van der Waals surface area contributed by atoms with Gasteiger partial charge in [-0.2, -0.15) is 0 Å². The summed E-state index contributed by atoms with van der Waals surface area (Å²) >= 11 is 0. The molecule has 36 heavy (non-hydrogen) atoms. The SMILES string of the molecule is Cl.Cl.O=C(OCCOc1cc(F)c(N2CCNCC2)c(F)c1)N(Cc1ccccc1)C1CCNCC1. The Kier molecular flexibility index (Phi) is 12.5. The molecule has 2 aromatic rings. The number of hydrogen-bond donors (Lipinski definition) is 2. The van der Waals surface area contributed by atoms with E-state index in [0.717, 1.165) is 31.5 Å². The van der Waals surface area contributed by atoms with Gasteiger partial charge in [-0.1, -0.05) is 30.3 Å². The molecule has 0 spiro atoms. The molecule has 0 unspecified atom stereocenters. The highest BCUT2D eigenvalue weighted by atomic mass is 35.5. The van der Waals surface area contributed by atoms with E-state index in [9.17, 15) is 13.6 Å². The normalized spacial score (nSPS) is 15.9. The smallest absolute Gasteiger partial charge is 0.410 e. The van der Waals surface area contributed by atoms with E-state index in [1.807, 2.05) is 30.3 Å². The highest BCUT2D eigenvalue weighted by Gasteiger charge is 2.27. The zero-order chi connectivity index (χ0) is 23.8. The van der Waals surface area contributed by atoms with Gasteiger partial charge in [-0.15, -0.1) is 24.8 Å². The van der Waals surface area contributed by atoms with Crippen LogP contribution in [-0.4, -0.2) is 69.5 Å². The third-order valence-electron chi connectivity index (χ3n) is 6.18. The highest BCUT2D eigenvalue weighted by molar-refractivity contribution is 5.85. The van der Waals surface area contributed by atoms with Crippen LogP contribution in [0.15, 0.2) is 42.5 Å². The van der Waals surface area contributed by atoms with Crippen LogP contribution in [0.2, 0.25) is 0 Å². The first-order valence-corrected chi connectivity index (χ1v) is 11.9. The molecule has 11 heteroatoms. The Labute approximate surface area is 223 Å². The first kappa shape index (κ1) is 29.9. The third kappa shape index (κ3) is 8.09. The lowest BCUT2D eigenvalue weighted by Gasteiger charge is -2.34. The van der Waals surface area contributed by atoms with Crippen molar-refractivity contribution in [3.8, 4) is 5.75 Å². The maximum Gasteiger partial charge on any atom is 0.410 e. The molecule has 2 fully saturated rings. The summed E-state index contributed by atoms with van der Waals surface area (Å²) < 4.78 is 40.1. The van der Waals surface area contributed by atoms with E-state index in [0.29, 0.717) is 32.7 Å². The number of anilines is 1. The molecule has 0 aromatic heterocycles. The third-order valence-corrected chi connectivity index (χ3v) is 6.18. The predicted octanol–water partition coefficient (Wildman–Crippen LogP) is 3.99. The van der Waals surface area contributed by atoms with Gasteiger partial charge < -0.3 is 29.9 Å². The molecular formula is C25H34Cl2F2N4O3. The maximum atomic E-state index is 14.6. The molecule has 2 heterocycles. The summed E-state index contributed by atoms with van der Waals surface area (Å²) in [5.41, 5.74) is 1.00. The minimum absolute atomic E-state index is 0. The molecule has 2 N–H and O–H groups in total. The van der Waals surface area contributed by atoms with Crippen molar-refractivity contribution >= 4 is 36.6 Å². The molecule has 2 saturated heterocycles. The molecule has 2 aromatic carbocycles. The lowest BCUT2D eigenvalue weighted by atomic mass is 10.0. The molecule has 200 valence electrons. The van der Waals surface area contributed by atoms with Crippen molar-refractivity contribution in [2.24, 2.45) is 0 Å². The molecule has 2 aliphatic rings. The fourth-order valence-corrected chi connectivity index (χ4v) is 4.43. The van der Waals surface area contributed by atoms with E-state index in [1.54, 1.807) is 9.80 Å². The second-order valence-electron chi connectivity index (χ2n) is 8.53. The lowest BCUT2D eigenvalue weighted by Crippen LogP contribution is -2.46. The van der Waals surface area contributed by atoms with Gasteiger partial charge in [-0.05, 0) is 31.5 Å². The number of ether oxygens (including phenoxy) is 2. The van der Waals surface area contributed by atoms with Gasteiger partial charge in [0.05, 0.1) is 0 Å². The number of piperidine rings is 1. The zero-order valence-corrected chi connectivity index (χ0v) is 21.7. The van der Waals surface area contributed by atoms with Gasteiger partial charge in [0, 0.05) is 50.9 Å². The fraction of sp³-hybridized carbons (Fsp3) is 0.480. The Bertz CT molecular complexity index is 923. The summed E-state index contributed by atoms with van der Waals surface area (Å²) in [6.07, 6.45) is 1.30. The highest BCUT2D eigenvalue weighted by Crippen LogP contribution is 2.28. The van der Waals surface area contributed by atoms with Crippen LogP contribution in [0.5, 0.6) is 5.75 Å². The van der Waals surface area contributed by atoms with Gasteiger partial charge in [-0.25, -0.2) is 13.6 Å². The number of nitrogens with one attached hydrogen (secondary N) is 2. The number of carbonyl (C=O) groups is 1. The molecule has 0 radical (unpaired) electrons. The molecule has 0 bridgehead atoms. The fourth-order valence-electron chi connectivity index (χ4n) is 4.43. The van der Waals surface area contributed by atoms with Gasteiger partial charge in [0.15, 0.2) is 11.6 Å². The number of rotatable bonds is 8. The van der Waals surface area contributed by atoms with Gasteiger partial charge >= 0.3 is 6.09 Å². The van der Waals surface area contributed by atoms with Crippen molar-refractivity contribution < 1.29 is 23.0 Å². The largest absolute Gasteiger partial charge is 0.490 e. The summed E-state index contributed by atoms with van der Waals surface area (Å²) in [4.78, 5) is 16.3. The molecule has 0 saturated carbocycles. The average Bonchev–Trinajstić information content (AvgIpc) is 2.86. The van der Waals surface area contributed by atoms with Crippen LogP contribution in [0.4, 0.5) is 19.3 Å². The number of piperazine rings is 1. The lowest BCUT2D eigenvalue weighted by molar-refractivity contribution is 0.0650. The first-order chi connectivity index (χ1) is 16.6. The number of halogens is 4. The standard InChI is InChI=1S/C25H32F2N4O3.2ClH/c26-22-16-21(17-23(27)24(22)30-12-10-29-11-13-30)33-14-15-34-25(32)31(20-6-8-28-9-7-20)18-19-4-2-1-3-5-19;;/h1-5,16-17,20,28-29H,6-15,18H2;2*1H. The Hall–Kier alpha value is -2.33. The first-order valence-electron chi connectivity index (χ1n) is 11.9. The second kappa shape index (κ2) is 15.0. The quantitative estimate of drug-likeness (QED) is 0.488. The van der Waals surface area contributed by atoms with Crippen LogP contribution in [-0.2, 0) is 11.3 Å². The van der Waals surface area contributed by atoms with E-state index in [4.69, 9.17) is 9.47 Å². The number of nitrogens with zero attached hydrogens (tertiary/aromatic N) is 2.